The smallest absolute Gasteiger partial charge is 0.284 e. The Balaban J connectivity index is 2.14. The van der Waals surface area contributed by atoms with Crippen molar-refractivity contribution in [3.63, 3.8) is 0 Å². The van der Waals surface area contributed by atoms with Gasteiger partial charge < -0.3 is 10.7 Å². The van der Waals surface area contributed by atoms with E-state index in [0.717, 1.165) is 0 Å². The third-order valence-corrected chi connectivity index (χ3v) is 1.46. The Kier molecular flexibility index (Phi) is 1.86. The first-order chi connectivity index (χ1) is 6.77. The van der Waals surface area contributed by atoms with Crippen molar-refractivity contribution in [1.82, 2.24) is 20.3 Å². The largest absolute Gasteiger partial charge is 0.379 e. The molecule has 2 heterocycles. The fraction of sp³-hybridized carbons (Fsp3) is 0. The number of imidazole rings is 1. The van der Waals surface area contributed by atoms with Crippen LogP contribution in [0.15, 0.2) is 17.0 Å². The zero-order valence-electron chi connectivity index (χ0n) is 6.89. The van der Waals surface area contributed by atoms with Gasteiger partial charge in [-0.15, -0.1) is 0 Å². The quantitative estimate of drug-likeness (QED) is 0.599. The number of hydrogen-bond donors (Lipinski definition) is 3. The lowest BCUT2D eigenvalue weighted by Crippen LogP contribution is -2.15. The molecule has 8 nitrogen and oxygen atoms in total. The van der Waals surface area contributed by atoms with Crippen LogP contribution < -0.4 is 11.1 Å². The molecule has 4 N–H and O–H groups in total. The summed E-state index contributed by atoms with van der Waals surface area (Å²) in [5.74, 6) is -0.287. The Hall–Kier alpha value is -2.38. The molecule has 8 heteroatoms. The first-order valence-corrected chi connectivity index (χ1v) is 3.66. The predicted molar refractivity (Wildman–Crippen MR) is 45.3 cm³/mol. The van der Waals surface area contributed by atoms with Crippen LogP contribution in [0, 0.1) is 0 Å². The summed E-state index contributed by atoms with van der Waals surface area (Å²) in [6, 6.07) is 0. The minimum atomic E-state index is -0.529. The molecule has 0 atom stereocenters. The highest BCUT2D eigenvalue weighted by atomic mass is 16.6. The van der Waals surface area contributed by atoms with E-state index in [0.29, 0.717) is 5.95 Å². The first kappa shape index (κ1) is 8.23. The summed E-state index contributed by atoms with van der Waals surface area (Å²) in [5, 5.41) is 9.02. The van der Waals surface area contributed by atoms with Crippen LogP contribution in [0.4, 0.5) is 11.8 Å². The highest BCUT2D eigenvalue weighted by Gasteiger charge is 2.16. The molecule has 0 aliphatic rings. The SMILES string of the molecule is Nc1nonc1C(=O)Nc1ncc[nH]1. The van der Waals surface area contributed by atoms with Gasteiger partial charge in [-0.1, -0.05) is 0 Å². The molecule has 0 aliphatic carbocycles. The average molecular weight is 194 g/mol. The molecule has 2 rings (SSSR count). The normalized spacial score (nSPS) is 10.0. The number of nitrogens with zero attached hydrogens (tertiary/aromatic N) is 3. The molecule has 0 fully saturated rings. The van der Waals surface area contributed by atoms with Crippen LogP contribution in [0.1, 0.15) is 10.5 Å². The number of carbonyl (C=O) groups excluding carboxylic acids is 1. The van der Waals surface area contributed by atoms with Gasteiger partial charge in [-0.25, -0.2) is 9.61 Å². The Bertz CT molecular complexity index is 433. The van der Waals surface area contributed by atoms with Gasteiger partial charge in [-0.3, -0.25) is 10.1 Å². The second-order valence-electron chi connectivity index (χ2n) is 2.39. The van der Waals surface area contributed by atoms with E-state index in [4.69, 9.17) is 5.73 Å². The number of nitrogens with one attached hydrogen (secondary N) is 2. The van der Waals surface area contributed by atoms with Crippen molar-refractivity contribution in [2.75, 3.05) is 11.1 Å². The second-order valence-corrected chi connectivity index (χ2v) is 2.39. The van der Waals surface area contributed by atoms with E-state index in [1.165, 1.54) is 6.20 Å². The van der Waals surface area contributed by atoms with Crippen LogP contribution in [-0.2, 0) is 0 Å². The fourth-order valence-electron chi connectivity index (χ4n) is 0.853. The highest BCUT2D eigenvalue weighted by molar-refractivity contribution is 6.04. The molecule has 1 amide bonds. The topological polar surface area (TPSA) is 123 Å². The van der Waals surface area contributed by atoms with Crippen LogP contribution >= 0.6 is 0 Å². The maximum atomic E-state index is 11.4. The third-order valence-electron chi connectivity index (χ3n) is 1.46. The van der Waals surface area contributed by atoms with E-state index in [1.807, 2.05) is 0 Å². The number of carbonyl (C=O) groups is 1. The number of aromatic amines is 1. The number of aromatic nitrogens is 4. The molecule has 2 aromatic heterocycles. The van der Waals surface area contributed by atoms with Crippen LogP contribution in [0.3, 0.4) is 0 Å². The molecule has 0 saturated heterocycles. The van der Waals surface area contributed by atoms with Gasteiger partial charge >= 0.3 is 0 Å². The van der Waals surface area contributed by atoms with E-state index >= 15 is 0 Å². The summed E-state index contributed by atoms with van der Waals surface area (Å²) in [6.45, 7) is 0. The molecular formula is C6H6N6O2. The summed E-state index contributed by atoms with van der Waals surface area (Å²) >= 11 is 0. The van der Waals surface area contributed by atoms with Gasteiger partial charge in [0.15, 0.2) is 0 Å². The zero-order chi connectivity index (χ0) is 9.97. The van der Waals surface area contributed by atoms with Crippen molar-refractivity contribution < 1.29 is 9.42 Å². The summed E-state index contributed by atoms with van der Waals surface area (Å²) in [7, 11) is 0. The van der Waals surface area contributed by atoms with Gasteiger partial charge in [-0.05, 0) is 10.3 Å². The molecule has 0 unspecified atom stereocenters. The minimum absolute atomic E-state index is 0.0611. The van der Waals surface area contributed by atoms with Gasteiger partial charge in [0, 0.05) is 12.4 Å². The highest BCUT2D eigenvalue weighted by Crippen LogP contribution is 2.06. The number of hydrogen-bond acceptors (Lipinski definition) is 6. The molecule has 14 heavy (non-hydrogen) atoms. The van der Waals surface area contributed by atoms with Crippen molar-refractivity contribution >= 4 is 17.7 Å². The van der Waals surface area contributed by atoms with Crippen molar-refractivity contribution in [2.45, 2.75) is 0 Å². The van der Waals surface area contributed by atoms with Gasteiger partial charge in [0.25, 0.3) is 5.91 Å². The van der Waals surface area contributed by atoms with Crippen LogP contribution in [0.5, 0.6) is 0 Å². The van der Waals surface area contributed by atoms with E-state index in [1.54, 1.807) is 6.20 Å². The maximum absolute atomic E-state index is 11.4. The van der Waals surface area contributed by atoms with Crippen molar-refractivity contribution in [3.05, 3.63) is 18.1 Å². The molecular weight excluding hydrogens is 188 g/mol. The average Bonchev–Trinajstić information content (AvgIpc) is 2.75. The molecule has 0 bridgehead atoms. The Labute approximate surface area is 77.5 Å². The molecule has 0 spiro atoms. The number of rotatable bonds is 2. The lowest BCUT2D eigenvalue weighted by atomic mass is 10.4. The van der Waals surface area contributed by atoms with Crippen LogP contribution in [0.25, 0.3) is 0 Å². The lowest BCUT2D eigenvalue weighted by molar-refractivity contribution is 0.101. The zero-order valence-corrected chi connectivity index (χ0v) is 6.89. The lowest BCUT2D eigenvalue weighted by Gasteiger charge is -1.96. The minimum Gasteiger partial charge on any atom is -0.379 e. The van der Waals surface area contributed by atoms with Crippen LogP contribution in [0.2, 0.25) is 0 Å². The summed E-state index contributed by atoms with van der Waals surface area (Å²) in [4.78, 5) is 17.9. The Morgan fingerprint density at radius 3 is 3.00 bits per heavy atom. The van der Waals surface area contributed by atoms with Crippen molar-refractivity contribution in [2.24, 2.45) is 0 Å². The standard InChI is InChI=1S/C6H6N6O2/c7-4-3(11-14-12-4)5(13)10-6-8-1-2-9-6/h1-2H,(H2,7,12)(H2,8,9,10,13). The molecule has 2 aromatic rings. The number of nitrogens with two attached hydrogens (primary N) is 1. The summed E-state index contributed by atoms with van der Waals surface area (Å²) < 4.78 is 4.27. The molecule has 72 valence electrons. The molecule has 0 saturated carbocycles. The van der Waals surface area contributed by atoms with Crippen LogP contribution in [-0.4, -0.2) is 26.2 Å². The van der Waals surface area contributed by atoms with E-state index in [9.17, 15) is 4.79 Å². The predicted octanol–water partition coefficient (Wildman–Crippen LogP) is -0.373. The summed E-state index contributed by atoms with van der Waals surface area (Å²) in [5.41, 5.74) is 5.24. The fourth-order valence-corrected chi connectivity index (χ4v) is 0.853. The number of nitrogen functional groups attached to an aromatic ring is 1. The van der Waals surface area contributed by atoms with Gasteiger partial charge in [0.2, 0.25) is 17.5 Å². The molecule has 0 aliphatic heterocycles. The summed E-state index contributed by atoms with van der Waals surface area (Å²) in [6.07, 6.45) is 3.07. The molecule has 0 aromatic carbocycles. The number of H-pyrrole nitrogens is 1. The number of anilines is 2. The van der Waals surface area contributed by atoms with Gasteiger partial charge in [-0.2, -0.15) is 0 Å². The Morgan fingerprint density at radius 2 is 2.43 bits per heavy atom. The van der Waals surface area contributed by atoms with Gasteiger partial charge in [0.1, 0.15) is 0 Å². The van der Waals surface area contributed by atoms with E-state index in [2.05, 4.69) is 30.2 Å². The van der Waals surface area contributed by atoms with Crippen molar-refractivity contribution in [3.8, 4) is 0 Å². The second kappa shape index (κ2) is 3.17. The Morgan fingerprint density at radius 1 is 1.57 bits per heavy atom. The first-order valence-electron chi connectivity index (χ1n) is 3.66. The van der Waals surface area contributed by atoms with Gasteiger partial charge in [0.05, 0.1) is 0 Å². The van der Waals surface area contributed by atoms with E-state index < -0.39 is 5.91 Å². The monoisotopic (exact) mass is 194 g/mol. The van der Waals surface area contributed by atoms with E-state index in [-0.39, 0.29) is 11.5 Å². The third kappa shape index (κ3) is 1.40. The number of amides is 1. The molecule has 0 radical (unpaired) electrons. The maximum Gasteiger partial charge on any atom is 0.284 e. The van der Waals surface area contributed by atoms with Crippen molar-refractivity contribution in [1.29, 1.82) is 0 Å².